The Kier molecular flexibility index (Phi) is 2.60. The van der Waals surface area contributed by atoms with Crippen LogP contribution in [0.2, 0.25) is 0 Å². The third-order valence-electron chi connectivity index (χ3n) is 2.45. The largest absolute Gasteiger partial charge is 0.507 e. The molecule has 2 aromatic rings. The van der Waals surface area contributed by atoms with Crippen molar-refractivity contribution in [3.05, 3.63) is 53.6 Å². The minimum atomic E-state index is -0.462. The predicted molar refractivity (Wildman–Crippen MR) is 58.2 cm³/mol. The van der Waals surface area contributed by atoms with Crippen LogP contribution in [0.5, 0.6) is 5.75 Å². The lowest BCUT2D eigenvalue weighted by molar-refractivity contribution is 0.475. The molecule has 0 unspecified atom stereocenters. The zero-order valence-corrected chi connectivity index (χ0v) is 8.67. The first kappa shape index (κ1) is 10.6. The Hall–Kier alpha value is -1.90. The Morgan fingerprint density at radius 2 is 1.44 bits per heavy atom. The van der Waals surface area contributed by atoms with Crippen LogP contribution in [-0.4, -0.2) is 5.11 Å². The molecular formula is C13H10F2O. The molecule has 0 radical (unpaired) electrons. The van der Waals surface area contributed by atoms with Gasteiger partial charge in [0.1, 0.15) is 17.4 Å². The topological polar surface area (TPSA) is 20.2 Å². The summed E-state index contributed by atoms with van der Waals surface area (Å²) in [5, 5.41) is 9.61. The second kappa shape index (κ2) is 3.93. The zero-order valence-electron chi connectivity index (χ0n) is 8.67. The fourth-order valence-corrected chi connectivity index (χ4v) is 1.61. The van der Waals surface area contributed by atoms with Crippen molar-refractivity contribution in [3.63, 3.8) is 0 Å². The molecule has 0 amide bonds. The summed E-state index contributed by atoms with van der Waals surface area (Å²) in [6.07, 6.45) is 0. The van der Waals surface area contributed by atoms with Crippen molar-refractivity contribution < 1.29 is 13.9 Å². The molecule has 0 fully saturated rings. The highest BCUT2D eigenvalue weighted by Crippen LogP contribution is 2.32. The van der Waals surface area contributed by atoms with Gasteiger partial charge in [0.15, 0.2) is 0 Å². The van der Waals surface area contributed by atoms with Crippen LogP contribution < -0.4 is 0 Å². The van der Waals surface area contributed by atoms with E-state index in [2.05, 4.69) is 0 Å². The van der Waals surface area contributed by atoms with E-state index in [1.54, 1.807) is 13.0 Å². The Labute approximate surface area is 92.0 Å². The number of aromatic hydroxyl groups is 1. The summed E-state index contributed by atoms with van der Waals surface area (Å²) in [4.78, 5) is 0. The number of phenols is 1. The van der Waals surface area contributed by atoms with Gasteiger partial charge in [-0.2, -0.15) is 0 Å². The lowest BCUT2D eigenvalue weighted by atomic mass is 9.99. The molecule has 2 rings (SSSR count). The molecule has 0 aliphatic rings. The molecule has 0 heterocycles. The molecule has 0 atom stereocenters. The summed E-state index contributed by atoms with van der Waals surface area (Å²) < 4.78 is 26.1. The van der Waals surface area contributed by atoms with Crippen molar-refractivity contribution in [3.8, 4) is 16.9 Å². The molecule has 1 N–H and O–H groups in total. The van der Waals surface area contributed by atoms with Crippen LogP contribution in [0.4, 0.5) is 8.78 Å². The van der Waals surface area contributed by atoms with Gasteiger partial charge in [-0.25, -0.2) is 8.78 Å². The highest BCUT2D eigenvalue weighted by molar-refractivity contribution is 5.72. The van der Waals surface area contributed by atoms with Crippen molar-refractivity contribution in [1.82, 2.24) is 0 Å². The molecule has 0 bridgehead atoms. The van der Waals surface area contributed by atoms with Gasteiger partial charge in [0, 0.05) is 5.56 Å². The number of phenolic OH excluding ortho intramolecular Hbond substituents is 1. The monoisotopic (exact) mass is 220 g/mol. The van der Waals surface area contributed by atoms with E-state index in [1.807, 2.05) is 0 Å². The van der Waals surface area contributed by atoms with Crippen LogP contribution >= 0.6 is 0 Å². The molecule has 82 valence electrons. The Morgan fingerprint density at radius 1 is 0.875 bits per heavy atom. The van der Waals surface area contributed by atoms with Crippen molar-refractivity contribution >= 4 is 0 Å². The van der Waals surface area contributed by atoms with E-state index in [4.69, 9.17) is 0 Å². The van der Waals surface area contributed by atoms with Crippen LogP contribution in [0.25, 0.3) is 11.1 Å². The van der Waals surface area contributed by atoms with Gasteiger partial charge in [-0.15, -0.1) is 0 Å². The highest BCUT2D eigenvalue weighted by Gasteiger charge is 2.09. The number of aryl methyl sites for hydroxylation is 1. The van der Waals surface area contributed by atoms with Gasteiger partial charge in [0.05, 0.1) is 0 Å². The quantitative estimate of drug-likeness (QED) is 0.777. The summed E-state index contributed by atoms with van der Waals surface area (Å²) in [6, 6.07) is 7.81. The SMILES string of the molecule is Cc1ccc(F)cc1-c1cc(F)ccc1O. The second-order valence-corrected chi connectivity index (χ2v) is 3.62. The van der Waals surface area contributed by atoms with Gasteiger partial charge < -0.3 is 5.11 Å². The molecule has 3 heteroatoms. The van der Waals surface area contributed by atoms with Gasteiger partial charge >= 0.3 is 0 Å². The number of hydrogen-bond acceptors (Lipinski definition) is 1. The fraction of sp³-hybridized carbons (Fsp3) is 0.0769. The Bertz CT molecular complexity index is 486. The molecule has 0 aliphatic carbocycles. The summed E-state index contributed by atoms with van der Waals surface area (Å²) in [5.74, 6) is -0.934. The van der Waals surface area contributed by atoms with Crippen molar-refractivity contribution in [2.24, 2.45) is 0 Å². The van der Waals surface area contributed by atoms with Gasteiger partial charge in [-0.3, -0.25) is 0 Å². The van der Waals surface area contributed by atoms with Crippen LogP contribution in [-0.2, 0) is 0 Å². The molecule has 0 aromatic heterocycles. The number of rotatable bonds is 1. The van der Waals surface area contributed by atoms with E-state index in [9.17, 15) is 13.9 Å². The van der Waals surface area contributed by atoms with Crippen molar-refractivity contribution in [2.75, 3.05) is 0 Å². The molecular weight excluding hydrogens is 210 g/mol. The van der Waals surface area contributed by atoms with Gasteiger partial charge in [-0.05, 0) is 48.4 Å². The number of halogens is 2. The smallest absolute Gasteiger partial charge is 0.124 e. The fourth-order valence-electron chi connectivity index (χ4n) is 1.61. The van der Waals surface area contributed by atoms with Gasteiger partial charge in [0.2, 0.25) is 0 Å². The Balaban J connectivity index is 2.66. The lowest BCUT2D eigenvalue weighted by Crippen LogP contribution is -1.87. The normalized spacial score (nSPS) is 10.4. The second-order valence-electron chi connectivity index (χ2n) is 3.62. The average molecular weight is 220 g/mol. The standard InChI is InChI=1S/C13H10F2O/c1-8-2-3-9(14)6-11(8)12-7-10(15)4-5-13(12)16/h2-7,16H,1H3. The van der Waals surface area contributed by atoms with Crippen molar-refractivity contribution in [2.45, 2.75) is 6.92 Å². The number of benzene rings is 2. The van der Waals surface area contributed by atoms with Crippen molar-refractivity contribution in [1.29, 1.82) is 0 Å². The molecule has 0 saturated heterocycles. The minimum absolute atomic E-state index is 0.0601. The molecule has 0 saturated carbocycles. The average Bonchev–Trinajstić information content (AvgIpc) is 2.25. The van der Waals surface area contributed by atoms with E-state index in [0.717, 1.165) is 11.6 Å². The zero-order chi connectivity index (χ0) is 11.7. The van der Waals surface area contributed by atoms with E-state index in [1.165, 1.54) is 24.3 Å². The summed E-state index contributed by atoms with van der Waals surface area (Å²) in [7, 11) is 0. The molecule has 2 aromatic carbocycles. The first-order chi connectivity index (χ1) is 7.58. The molecule has 16 heavy (non-hydrogen) atoms. The minimum Gasteiger partial charge on any atom is -0.507 e. The van der Waals surface area contributed by atoms with Gasteiger partial charge in [0.25, 0.3) is 0 Å². The van der Waals surface area contributed by atoms with Crippen LogP contribution in [0.3, 0.4) is 0 Å². The summed E-state index contributed by atoms with van der Waals surface area (Å²) in [5.41, 5.74) is 1.58. The van der Waals surface area contributed by atoms with Crippen LogP contribution in [0.15, 0.2) is 36.4 Å². The molecule has 0 aliphatic heterocycles. The maximum Gasteiger partial charge on any atom is 0.124 e. The molecule has 1 nitrogen and oxygen atoms in total. The Morgan fingerprint density at radius 3 is 2.12 bits per heavy atom. The predicted octanol–water partition coefficient (Wildman–Crippen LogP) is 3.65. The molecule has 0 spiro atoms. The first-order valence-electron chi connectivity index (χ1n) is 4.83. The highest BCUT2D eigenvalue weighted by atomic mass is 19.1. The summed E-state index contributed by atoms with van der Waals surface area (Å²) in [6.45, 7) is 1.78. The van der Waals surface area contributed by atoms with Crippen LogP contribution in [0.1, 0.15) is 5.56 Å². The summed E-state index contributed by atoms with van der Waals surface area (Å²) >= 11 is 0. The van der Waals surface area contributed by atoms with E-state index in [-0.39, 0.29) is 5.75 Å². The number of hydrogen-bond donors (Lipinski definition) is 1. The van der Waals surface area contributed by atoms with Crippen LogP contribution in [0, 0.1) is 18.6 Å². The van der Waals surface area contributed by atoms with E-state index in [0.29, 0.717) is 11.1 Å². The van der Waals surface area contributed by atoms with E-state index >= 15 is 0 Å². The van der Waals surface area contributed by atoms with E-state index < -0.39 is 11.6 Å². The third-order valence-corrected chi connectivity index (χ3v) is 2.45. The maximum atomic E-state index is 13.1. The lowest BCUT2D eigenvalue weighted by Gasteiger charge is -2.08. The first-order valence-corrected chi connectivity index (χ1v) is 4.83. The van der Waals surface area contributed by atoms with Gasteiger partial charge in [-0.1, -0.05) is 6.07 Å². The maximum absolute atomic E-state index is 13.1. The third kappa shape index (κ3) is 1.89.